The summed E-state index contributed by atoms with van der Waals surface area (Å²) in [7, 11) is 0. The van der Waals surface area contributed by atoms with E-state index in [1.54, 1.807) is 6.92 Å². The topological polar surface area (TPSA) is 76.4 Å². The molecule has 0 spiro atoms. The predicted octanol–water partition coefficient (Wildman–Crippen LogP) is 3.52. The largest absolute Gasteiger partial charge is 0.476 e. The van der Waals surface area contributed by atoms with E-state index in [4.69, 9.17) is 16.4 Å². The number of aromatic nitrogens is 2. The summed E-state index contributed by atoms with van der Waals surface area (Å²) in [5.74, 6) is -1.26. The molecule has 0 aliphatic carbocycles. The van der Waals surface area contributed by atoms with Crippen LogP contribution in [0.1, 0.15) is 28.7 Å². The number of carbonyl (C=O) groups is 1. The maximum absolute atomic E-state index is 12.9. The van der Waals surface area contributed by atoms with Crippen LogP contribution in [0.15, 0.2) is 12.1 Å². The zero-order valence-corrected chi connectivity index (χ0v) is 12.3. The van der Waals surface area contributed by atoms with Crippen molar-refractivity contribution in [3.63, 3.8) is 0 Å². The van der Waals surface area contributed by atoms with Crippen molar-refractivity contribution in [1.29, 1.82) is 0 Å². The Bertz CT molecular complexity index is 817. The van der Waals surface area contributed by atoms with Crippen molar-refractivity contribution in [2.24, 2.45) is 0 Å². The summed E-state index contributed by atoms with van der Waals surface area (Å²) >= 11 is 5.74. The van der Waals surface area contributed by atoms with Crippen LogP contribution in [-0.2, 0) is 12.6 Å². The third-order valence-electron chi connectivity index (χ3n) is 3.36. The van der Waals surface area contributed by atoms with Gasteiger partial charge in [0.1, 0.15) is 0 Å². The van der Waals surface area contributed by atoms with Crippen molar-refractivity contribution in [3.8, 4) is 11.7 Å². The number of nitrogens with zero attached hydrogens (tertiary/aromatic N) is 2. The lowest BCUT2D eigenvalue weighted by Crippen LogP contribution is -2.19. The van der Waals surface area contributed by atoms with E-state index in [2.05, 4.69) is 10.5 Å². The molecular weight excluding hydrogens is 339 g/mol. The fourth-order valence-electron chi connectivity index (χ4n) is 2.39. The van der Waals surface area contributed by atoms with Crippen molar-refractivity contribution >= 4 is 23.3 Å². The molecule has 0 atom stereocenters. The SMILES string of the molecule is CCc1c(C(=O)O)nc2n1-c1cc(Cl)c(C(F)(F)F)cc1NO2. The maximum atomic E-state index is 12.9. The lowest BCUT2D eigenvalue weighted by Gasteiger charge is -2.23. The molecule has 6 nitrogen and oxygen atoms in total. The van der Waals surface area contributed by atoms with E-state index in [0.717, 1.165) is 12.1 Å². The highest BCUT2D eigenvalue weighted by molar-refractivity contribution is 6.31. The molecule has 0 fully saturated rings. The van der Waals surface area contributed by atoms with Gasteiger partial charge < -0.3 is 9.94 Å². The summed E-state index contributed by atoms with van der Waals surface area (Å²) in [6.07, 6.45) is -4.33. The van der Waals surface area contributed by atoms with Gasteiger partial charge >= 0.3 is 18.2 Å². The summed E-state index contributed by atoms with van der Waals surface area (Å²) in [6.45, 7) is 1.70. The average molecular weight is 348 g/mol. The number of anilines is 1. The maximum Gasteiger partial charge on any atom is 0.417 e. The quantitative estimate of drug-likeness (QED) is 0.869. The third kappa shape index (κ3) is 2.37. The van der Waals surface area contributed by atoms with Gasteiger partial charge in [0.2, 0.25) is 0 Å². The van der Waals surface area contributed by atoms with Crippen LogP contribution in [0.25, 0.3) is 5.69 Å². The van der Waals surface area contributed by atoms with E-state index in [-0.39, 0.29) is 29.5 Å². The minimum absolute atomic E-state index is 0.0123. The molecule has 1 aromatic carbocycles. The molecule has 2 heterocycles. The number of hydrogen-bond donors (Lipinski definition) is 2. The van der Waals surface area contributed by atoms with E-state index in [1.165, 1.54) is 4.57 Å². The van der Waals surface area contributed by atoms with Gasteiger partial charge in [-0.3, -0.25) is 4.57 Å². The van der Waals surface area contributed by atoms with Crippen LogP contribution in [0, 0.1) is 0 Å². The molecule has 1 aliphatic rings. The first-order chi connectivity index (χ1) is 10.7. The summed E-state index contributed by atoms with van der Waals surface area (Å²) in [6, 6.07) is 1.83. The predicted molar refractivity (Wildman–Crippen MR) is 74.2 cm³/mol. The Balaban J connectivity index is 2.26. The Morgan fingerprint density at radius 1 is 1.48 bits per heavy atom. The normalized spacial score (nSPS) is 12.9. The molecule has 0 amide bonds. The second-order valence-electron chi connectivity index (χ2n) is 4.73. The number of fused-ring (bicyclic) bond motifs is 3. The minimum Gasteiger partial charge on any atom is -0.476 e. The first-order valence-corrected chi connectivity index (χ1v) is 6.80. The standard InChI is InChI=1S/C13H9ClF3N3O3/c1-2-8-10(11(21)22)18-12-20(8)9-4-6(14)5(13(15,16)17)3-7(9)19-23-12/h3-4,19H,2H2,1H3,(H,21,22). The van der Waals surface area contributed by atoms with Crippen LogP contribution in [0.4, 0.5) is 18.9 Å². The summed E-state index contributed by atoms with van der Waals surface area (Å²) < 4.78 is 40.1. The van der Waals surface area contributed by atoms with Crippen molar-refractivity contribution < 1.29 is 27.9 Å². The highest BCUT2D eigenvalue weighted by Crippen LogP contribution is 2.41. The van der Waals surface area contributed by atoms with Crippen LogP contribution >= 0.6 is 11.6 Å². The van der Waals surface area contributed by atoms with Gasteiger partial charge in [0.05, 0.1) is 27.7 Å². The molecule has 0 saturated heterocycles. The van der Waals surface area contributed by atoms with Crippen LogP contribution < -0.4 is 10.3 Å². The lowest BCUT2D eigenvalue weighted by molar-refractivity contribution is -0.137. The molecule has 0 bridgehead atoms. The van der Waals surface area contributed by atoms with E-state index in [1.807, 2.05) is 0 Å². The number of imidazole rings is 1. The number of carboxylic acids is 1. The van der Waals surface area contributed by atoms with Gasteiger partial charge in [-0.25, -0.2) is 10.3 Å². The summed E-state index contributed by atoms with van der Waals surface area (Å²) in [5.41, 5.74) is 1.63. The Morgan fingerprint density at radius 3 is 2.74 bits per heavy atom. The Kier molecular flexibility index (Phi) is 3.40. The molecule has 0 radical (unpaired) electrons. The fourth-order valence-corrected chi connectivity index (χ4v) is 2.66. The number of rotatable bonds is 2. The monoisotopic (exact) mass is 347 g/mol. The molecule has 23 heavy (non-hydrogen) atoms. The average Bonchev–Trinajstić information content (AvgIpc) is 2.84. The molecule has 1 aliphatic heterocycles. The number of nitrogens with one attached hydrogen (secondary N) is 1. The molecule has 0 saturated carbocycles. The van der Waals surface area contributed by atoms with Gasteiger partial charge in [0.25, 0.3) is 0 Å². The van der Waals surface area contributed by atoms with Crippen LogP contribution in [-0.4, -0.2) is 20.6 Å². The van der Waals surface area contributed by atoms with Crippen LogP contribution in [0.3, 0.4) is 0 Å². The van der Waals surface area contributed by atoms with E-state index < -0.39 is 22.7 Å². The Labute approximate surface area is 132 Å². The second-order valence-corrected chi connectivity index (χ2v) is 5.14. The summed E-state index contributed by atoms with van der Waals surface area (Å²) in [5, 5.41) is 8.67. The van der Waals surface area contributed by atoms with E-state index >= 15 is 0 Å². The molecule has 3 rings (SSSR count). The molecule has 2 N–H and O–H groups in total. The van der Waals surface area contributed by atoms with Gasteiger partial charge in [-0.2, -0.15) is 18.2 Å². The lowest BCUT2D eigenvalue weighted by atomic mass is 10.1. The van der Waals surface area contributed by atoms with E-state index in [0.29, 0.717) is 5.69 Å². The molecule has 2 aromatic rings. The zero-order chi connectivity index (χ0) is 16.9. The van der Waals surface area contributed by atoms with Gasteiger partial charge in [0, 0.05) is 0 Å². The molecular formula is C13H9ClF3N3O3. The Hall–Kier alpha value is -2.42. The molecule has 1 aromatic heterocycles. The zero-order valence-electron chi connectivity index (χ0n) is 11.5. The van der Waals surface area contributed by atoms with Crippen molar-refractivity contribution in [2.45, 2.75) is 19.5 Å². The fraction of sp³-hybridized carbons (Fsp3) is 0.231. The first kappa shape index (κ1) is 15.5. The van der Waals surface area contributed by atoms with Gasteiger partial charge in [-0.15, -0.1) is 0 Å². The number of carboxylic acid groups (broad SMARTS) is 1. The molecule has 10 heteroatoms. The van der Waals surface area contributed by atoms with Crippen LogP contribution in [0.2, 0.25) is 5.02 Å². The third-order valence-corrected chi connectivity index (χ3v) is 3.68. The highest BCUT2D eigenvalue weighted by atomic mass is 35.5. The number of alkyl halides is 3. The smallest absolute Gasteiger partial charge is 0.417 e. The van der Waals surface area contributed by atoms with Crippen LogP contribution in [0.5, 0.6) is 6.01 Å². The minimum atomic E-state index is -4.62. The van der Waals surface area contributed by atoms with Gasteiger partial charge in [-0.1, -0.05) is 18.5 Å². The number of aromatic carboxylic acids is 1. The van der Waals surface area contributed by atoms with Crippen molar-refractivity contribution in [3.05, 3.63) is 34.1 Å². The molecule has 122 valence electrons. The highest BCUT2D eigenvalue weighted by Gasteiger charge is 2.36. The molecule has 0 unspecified atom stereocenters. The van der Waals surface area contributed by atoms with Gasteiger partial charge in [-0.05, 0) is 18.6 Å². The first-order valence-electron chi connectivity index (χ1n) is 6.43. The summed E-state index contributed by atoms with van der Waals surface area (Å²) in [4.78, 5) is 20.1. The van der Waals surface area contributed by atoms with E-state index in [9.17, 15) is 23.1 Å². The Morgan fingerprint density at radius 2 is 2.17 bits per heavy atom. The second kappa shape index (κ2) is 5.05. The number of benzene rings is 1. The van der Waals surface area contributed by atoms with Gasteiger partial charge in [0.15, 0.2) is 5.69 Å². The van der Waals surface area contributed by atoms with Crippen molar-refractivity contribution in [2.75, 3.05) is 5.48 Å². The number of hydrogen-bond acceptors (Lipinski definition) is 4. The van der Waals surface area contributed by atoms with Crippen molar-refractivity contribution in [1.82, 2.24) is 9.55 Å². The number of halogens is 4.